The molecule has 0 unspecified atom stereocenters. The number of hydrogen-bond acceptors (Lipinski definition) is 3. The molecule has 0 saturated heterocycles. The summed E-state index contributed by atoms with van der Waals surface area (Å²) >= 11 is 9.68. The fraction of sp³-hybridized carbons (Fsp3) is 0.111. The number of benzene rings is 1. The van der Waals surface area contributed by atoms with Crippen LogP contribution in [0.1, 0.15) is 0 Å². The van der Waals surface area contributed by atoms with Gasteiger partial charge >= 0.3 is 0 Å². The second-order valence-electron chi connectivity index (χ2n) is 2.69. The molecule has 0 spiro atoms. The lowest BCUT2D eigenvalue weighted by Crippen LogP contribution is -1.96. The molecule has 7 heteroatoms. The fourth-order valence-corrected chi connectivity index (χ4v) is 4.88. The molecule has 0 aliphatic heterocycles. The van der Waals surface area contributed by atoms with E-state index in [0.717, 1.165) is 18.7 Å². The van der Waals surface area contributed by atoms with E-state index < -0.39 is 8.87 Å². The SMILES string of the molecule is O=S(=O)(SCC(Br)=C(Br)Br)c1ccccc1. The Labute approximate surface area is 124 Å². The molecule has 0 bridgehead atoms. The molecule has 0 aliphatic carbocycles. The Morgan fingerprint density at radius 3 is 2.19 bits per heavy atom. The van der Waals surface area contributed by atoms with Gasteiger partial charge < -0.3 is 0 Å². The molecule has 0 aromatic heterocycles. The topological polar surface area (TPSA) is 34.1 Å². The highest BCUT2D eigenvalue weighted by atomic mass is 79.9. The van der Waals surface area contributed by atoms with E-state index in [1.807, 2.05) is 0 Å². The van der Waals surface area contributed by atoms with Crippen molar-refractivity contribution in [3.63, 3.8) is 0 Å². The lowest BCUT2D eigenvalue weighted by molar-refractivity contribution is 0.610. The van der Waals surface area contributed by atoms with Gasteiger partial charge in [-0.25, -0.2) is 8.42 Å². The van der Waals surface area contributed by atoms with E-state index in [1.165, 1.54) is 0 Å². The van der Waals surface area contributed by atoms with Gasteiger partial charge in [-0.1, -0.05) is 34.1 Å². The van der Waals surface area contributed by atoms with Crippen molar-refractivity contribution in [1.29, 1.82) is 0 Å². The summed E-state index contributed by atoms with van der Waals surface area (Å²) in [6.07, 6.45) is 0. The first-order chi connectivity index (χ1) is 7.43. The smallest absolute Gasteiger partial charge is 0.212 e. The van der Waals surface area contributed by atoms with Crippen molar-refractivity contribution >= 4 is 67.5 Å². The molecule has 0 atom stereocenters. The Balaban J connectivity index is 2.79. The average molecular weight is 451 g/mol. The van der Waals surface area contributed by atoms with Gasteiger partial charge in [-0.3, -0.25) is 0 Å². The third kappa shape index (κ3) is 4.52. The van der Waals surface area contributed by atoms with Crippen molar-refractivity contribution in [1.82, 2.24) is 0 Å². The molecule has 0 N–H and O–H groups in total. The molecule has 0 fully saturated rings. The van der Waals surface area contributed by atoms with Gasteiger partial charge in [0, 0.05) is 10.2 Å². The Morgan fingerprint density at radius 1 is 1.12 bits per heavy atom. The number of hydrogen-bond donors (Lipinski definition) is 0. The van der Waals surface area contributed by atoms with Gasteiger partial charge in [0.25, 0.3) is 0 Å². The van der Waals surface area contributed by atoms with E-state index in [1.54, 1.807) is 30.3 Å². The molecule has 0 amide bonds. The molecule has 16 heavy (non-hydrogen) atoms. The Bertz CT molecular complexity index is 479. The third-order valence-electron chi connectivity index (χ3n) is 1.58. The van der Waals surface area contributed by atoms with Crippen molar-refractivity contribution in [2.75, 3.05) is 5.75 Å². The first-order valence-electron chi connectivity index (χ1n) is 4.07. The summed E-state index contributed by atoms with van der Waals surface area (Å²) in [6.45, 7) is 0. The fourth-order valence-electron chi connectivity index (χ4n) is 0.839. The van der Waals surface area contributed by atoms with Gasteiger partial charge in [0.2, 0.25) is 8.87 Å². The van der Waals surface area contributed by atoms with Gasteiger partial charge in [0.15, 0.2) is 0 Å². The molecule has 0 saturated carbocycles. The molecule has 1 aromatic carbocycles. The Kier molecular flexibility index (Phi) is 6.07. The molecular weight excluding hydrogens is 444 g/mol. The summed E-state index contributed by atoms with van der Waals surface area (Å²) in [5.41, 5.74) is 0. The zero-order valence-corrected chi connectivity index (χ0v) is 14.3. The number of halogens is 3. The van der Waals surface area contributed by atoms with E-state index in [0.29, 0.717) is 10.6 Å². The average Bonchev–Trinajstić information content (AvgIpc) is 2.27. The highest BCUT2D eigenvalue weighted by Gasteiger charge is 2.15. The van der Waals surface area contributed by atoms with Gasteiger partial charge in [0.05, 0.1) is 8.29 Å². The lowest BCUT2D eigenvalue weighted by Gasteiger charge is -2.03. The minimum atomic E-state index is -3.28. The third-order valence-corrected chi connectivity index (χ3v) is 8.08. The van der Waals surface area contributed by atoms with Crippen molar-refractivity contribution in [3.05, 3.63) is 38.2 Å². The molecular formula is C9H7Br3O2S2. The monoisotopic (exact) mass is 448 g/mol. The van der Waals surface area contributed by atoms with Crippen LogP contribution < -0.4 is 0 Å². The highest BCUT2D eigenvalue weighted by molar-refractivity contribution is 9.29. The van der Waals surface area contributed by atoms with Crippen molar-refractivity contribution in [3.8, 4) is 0 Å². The molecule has 2 nitrogen and oxygen atoms in total. The van der Waals surface area contributed by atoms with Gasteiger partial charge in [-0.05, 0) is 54.8 Å². The summed E-state index contributed by atoms with van der Waals surface area (Å²) in [5, 5.41) is 0. The zero-order chi connectivity index (χ0) is 12.2. The van der Waals surface area contributed by atoms with Gasteiger partial charge in [-0.15, -0.1) is 0 Å². The van der Waals surface area contributed by atoms with E-state index >= 15 is 0 Å². The van der Waals surface area contributed by atoms with Crippen LogP contribution in [-0.2, 0) is 8.87 Å². The first kappa shape index (κ1) is 14.8. The minimum Gasteiger partial charge on any atom is -0.212 e. The second-order valence-corrected chi connectivity index (χ2v) is 10.2. The summed E-state index contributed by atoms with van der Waals surface area (Å²) < 4.78 is 25.2. The maximum absolute atomic E-state index is 11.8. The molecule has 0 aliphatic rings. The van der Waals surface area contributed by atoms with E-state index in [9.17, 15) is 8.42 Å². The van der Waals surface area contributed by atoms with Crippen LogP contribution in [0.3, 0.4) is 0 Å². The van der Waals surface area contributed by atoms with Gasteiger partial charge in [-0.2, -0.15) is 0 Å². The summed E-state index contributed by atoms with van der Waals surface area (Å²) in [7, 11) is -2.40. The lowest BCUT2D eigenvalue weighted by atomic mass is 10.4. The van der Waals surface area contributed by atoms with E-state index in [-0.39, 0.29) is 0 Å². The summed E-state index contributed by atoms with van der Waals surface area (Å²) in [5.74, 6) is 0.350. The minimum absolute atomic E-state index is 0.325. The molecule has 1 rings (SSSR count). The van der Waals surface area contributed by atoms with Crippen LogP contribution in [0.2, 0.25) is 0 Å². The Morgan fingerprint density at radius 2 is 1.69 bits per heavy atom. The second kappa shape index (κ2) is 6.58. The standard InChI is InChI=1S/C9H7Br3O2S2/c10-8(9(11)12)6-15-16(13,14)7-4-2-1-3-5-7/h1-5H,6H2. The predicted molar refractivity (Wildman–Crippen MR) is 79.9 cm³/mol. The Hall–Kier alpha value is 0.700. The van der Waals surface area contributed by atoms with Crippen molar-refractivity contribution < 1.29 is 8.42 Å². The highest BCUT2D eigenvalue weighted by Crippen LogP contribution is 2.31. The number of rotatable bonds is 4. The maximum atomic E-state index is 11.8. The van der Waals surface area contributed by atoms with Crippen LogP contribution in [0.4, 0.5) is 0 Å². The molecule has 0 radical (unpaired) electrons. The van der Waals surface area contributed by atoms with Crippen LogP contribution >= 0.6 is 58.6 Å². The molecule has 0 heterocycles. The van der Waals surface area contributed by atoms with Crippen LogP contribution in [0.25, 0.3) is 0 Å². The van der Waals surface area contributed by atoms with Crippen LogP contribution in [-0.4, -0.2) is 14.2 Å². The first-order valence-corrected chi connectivity index (χ1v) is 9.44. The zero-order valence-electron chi connectivity index (χ0n) is 7.86. The van der Waals surface area contributed by atoms with Crippen molar-refractivity contribution in [2.24, 2.45) is 0 Å². The summed E-state index contributed by atoms with van der Waals surface area (Å²) in [4.78, 5) is 0.325. The largest absolute Gasteiger partial charge is 0.230 e. The van der Waals surface area contributed by atoms with Crippen molar-refractivity contribution in [2.45, 2.75) is 4.90 Å². The molecule has 1 aromatic rings. The van der Waals surface area contributed by atoms with Gasteiger partial charge in [0.1, 0.15) is 0 Å². The predicted octanol–water partition coefficient (Wildman–Crippen LogP) is 4.46. The molecule has 88 valence electrons. The normalized spacial score (nSPS) is 11.2. The van der Waals surface area contributed by atoms with Crippen LogP contribution in [0, 0.1) is 0 Å². The maximum Gasteiger partial charge on any atom is 0.230 e. The van der Waals surface area contributed by atoms with E-state index in [2.05, 4.69) is 47.8 Å². The summed E-state index contributed by atoms with van der Waals surface area (Å²) in [6, 6.07) is 8.37. The van der Waals surface area contributed by atoms with E-state index in [4.69, 9.17) is 0 Å². The quantitative estimate of drug-likeness (QED) is 0.635. The van der Waals surface area contributed by atoms with Crippen LogP contribution in [0.15, 0.2) is 43.1 Å². The van der Waals surface area contributed by atoms with Crippen LogP contribution in [0.5, 0.6) is 0 Å².